The van der Waals surface area contributed by atoms with Gasteiger partial charge in [0.25, 0.3) is 15.9 Å². The topological polar surface area (TPSA) is 127 Å². The van der Waals surface area contributed by atoms with Crippen LogP contribution in [0.2, 0.25) is 0 Å². The molecule has 0 saturated carbocycles. The molecule has 2 amide bonds. The van der Waals surface area contributed by atoms with Crippen molar-refractivity contribution in [1.82, 2.24) is 14.2 Å². The molecule has 0 aliphatic carbocycles. The molecule has 0 bridgehead atoms. The number of ether oxygens (including phenoxy) is 2. The smallest absolute Gasteiger partial charge is 0.410 e. The zero-order valence-corrected chi connectivity index (χ0v) is 23.0. The van der Waals surface area contributed by atoms with Gasteiger partial charge in [0, 0.05) is 31.4 Å². The minimum Gasteiger partial charge on any atom is -0.484 e. The first-order valence-corrected chi connectivity index (χ1v) is 13.5. The lowest BCUT2D eigenvalue weighted by Crippen LogP contribution is -2.33. The minimum atomic E-state index is -4.27. The summed E-state index contributed by atoms with van der Waals surface area (Å²) in [5, 5.41) is 11.2. The summed E-state index contributed by atoms with van der Waals surface area (Å²) in [6, 6.07) is 12.8. The van der Waals surface area contributed by atoms with Crippen molar-refractivity contribution >= 4 is 22.0 Å². The van der Waals surface area contributed by atoms with Crippen molar-refractivity contribution in [3.8, 4) is 17.0 Å². The Hall–Kier alpha value is -3.90. The normalized spacial score (nSPS) is 11.6. The first-order chi connectivity index (χ1) is 18.3. The summed E-state index contributed by atoms with van der Waals surface area (Å²) in [4.78, 5) is 25.4. The lowest BCUT2D eigenvalue weighted by molar-refractivity contribution is -0.123. The van der Waals surface area contributed by atoms with E-state index in [2.05, 4.69) is 5.32 Å². The fourth-order valence-corrected chi connectivity index (χ4v) is 4.99. The van der Waals surface area contributed by atoms with Crippen molar-refractivity contribution in [2.75, 3.05) is 26.8 Å². The van der Waals surface area contributed by atoms with E-state index in [-0.39, 0.29) is 48.2 Å². The highest BCUT2D eigenvalue weighted by Gasteiger charge is 2.26. The molecular formula is C27H32FN3O7S. The molecule has 0 aliphatic heterocycles. The van der Waals surface area contributed by atoms with Gasteiger partial charge in [-0.1, -0.05) is 18.2 Å². The molecule has 12 heteroatoms. The van der Waals surface area contributed by atoms with Gasteiger partial charge in [0.1, 0.15) is 17.2 Å². The van der Waals surface area contributed by atoms with E-state index in [0.29, 0.717) is 5.56 Å². The van der Waals surface area contributed by atoms with Crippen LogP contribution in [0.4, 0.5) is 9.18 Å². The number of amides is 2. The Bertz CT molecular complexity index is 1430. The van der Waals surface area contributed by atoms with Crippen molar-refractivity contribution in [2.45, 2.75) is 37.8 Å². The second-order valence-corrected chi connectivity index (χ2v) is 11.5. The molecule has 0 saturated heterocycles. The Morgan fingerprint density at radius 2 is 1.82 bits per heavy atom. The predicted octanol–water partition coefficient (Wildman–Crippen LogP) is 3.39. The largest absolute Gasteiger partial charge is 0.484 e. The number of aromatic nitrogens is 1. The summed E-state index contributed by atoms with van der Waals surface area (Å²) >= 11 is 0. The average Bonchev–Trinajstić information content (AvgIpc) is 3.30. The number of aliphatic hydroxyl groups is 1. The number of nitrogens with one attached hydrogen (secondary N) is 1. The highest BCUT2D eigenvalue weighted by molar-refractivity contribution is 7.90. The van der Waals surface area contributed by atoms with E-state index in [4.69, 9.17) is 14.6 Å². The molecule has 0 fully saturated rings. The van der Waals surface area contributed by atoms with Crippen LogP contribution in [-0.4, -0.2) is 66.8 Å². The number of hydrogen-bond donors (Lipinski definition) is 2. The molecule has 0 radical (unpaired) electrons. The monoisotopic (exact) mass is 561 g/mol. The molecule has 10 nitrogen and oxygen atoms in total. The molecular weight excluding hydrogens is 529 g/mol. The van der Waals surface area contributed by atoms with Gasteiger partial charge in [-0.2, -0.15) is 0 Å². The molecule has 0 unspecified atom stereocenters. The van der Waals surface area contributed by atoms with E-state index in [1.54, 1.807) is 26.8 Å². The predicted molar refractivity (Wildman–Crippen MR) is 142 cm³/mol. The number of benzene rings is 2. The minimum absolute atomic E-state index is 0.00495. The summed E-state index contributed by atoms with van der Waals surface area (Å²) in [6.07, 6.45) is 0.729. The summed E-state index contributed by atoms with van der Waals surface area (Å²) in [5.41, 5.74) is -0.167. The van der Waals surface area contributed by atoms with Gasteiger partial charge in [-0.05, 0) is 56.7 Å². The summed E-state index contributed by atoms with van der Waals surface area (Å²) < 4.78 is 54.1. The lowest BCUT2D eigenvalue weighted by Gasteiger charge is -2.24. The zero-order valence-electron chi connectivity index (χ0n) is 22.2. The summed E-state index contributed by atoms with van der Waals surface area (Å²) in [6.45, 7) is 4.66. The first-order valence-electron chi connectivity index (χ1n) is 12.1. The van der Waals surface area contributed by atoms with Crippen molar-refractivity contribution in [3.05, 3.63) is 72.2 Å². The van der Waals surface area contributed by atoms with Gasteiger partial charge in [-0.15, -0.1) is 0 Å². The highest BCUT2D eigenvalue weighted by atomic mass is 32.2. The SMILES string of the molecule is CN(Cc1cc(-c2ccccc2F)n(S(=O)(=O)c2cccc(OCC(=O)NCCO)c2)c1)C(=O)OC(C)(C)C. The number of nitrogens with zero attached hydrogens (tertiary/aromatic N) is 2. The van der Waals surface area contributed by atoms with Crippen molar-refractivity contribution in [3.63, 3.8) is 0 Å². The Morgan fingerprint density at radius 1 is 1.10 bits per heavy atom. The third-order valence-electron chi connectivity index (χ3n) is 5.28. The molecule has 0 spiro atoms. The number of carbonyl (C=O) groups excluding carboxylic acids is 2. The Labute approximate surface area is 227 Å². The highest BCUT2D eigenvalue weighted by Crippen LogP contribution is 2.30. The van der Waals surface area contributed by atoms with Crippen LogP contribution >= 0.6 is 0 Å². The van der Waals surface area contributed by atoms with Crippen LogP contribution in [0.1, 0.15) is 26.3 Å². The molecule has 3 aromatic rings. The molecule has 210 valence electrons. The van der Waals surface area contributed by atoms with Crippen LogP contribution < -0.4 is 10.1 Å². The van der Waals surface area contributed by atoms with Crippen molar-refractivity contribution in [1.29, 1.82) is 0 Å². The Kier molecular flexibility index (Phi) is 9.36. The van der Waals surface area contributed by atoms with Crippen LogP contribution in [0, 0.1) is 5.82 Å². The van der Waals surface area contributed by atoms with Crippen molar-refractivity contribution < 1.29 is 37.0 Å². The van der Waals surface area contributed by atoms with Crippen LogP contribution in [0.25, 0.3) is 11.3 Å². The fourth-order valence-electron chi connectivity index (χ4n) is 3.56. The third-order valence-corrected chi connectivity index (χ3v) is 6.95. The van der Waals surface area contributed by atoms with Crippen molar-refractivity contribution in [2.24, 2.45) is 0 Å². The number of hydrogen-bond acceptors (Lipinski definition) is 7. The molecule has 1 aromatic heterocycles. The maximum absolute atomic E-state index is 14.8. The van der Waals surface area contributed by atoms with Crippen LogP contribution in [0.5, 0.6) is 5.75 Å². The van der Waals surface area contributed by atoms with Crippen LogP contribution in [-0.2, 0) is 26.1 Å². The second-order valence-electron chi connectivity index (χ2n) is 9.69. The quantitative estimate of drug-likeness (QED) is 0.389. The molecule has 3 rings (SSSR count). The number of halogens is 1. The Balaban J connectivity index is 1.97. The maximum atomic E-state index is 14.8. The lowest BCUT2D eigenvalue weighted by atomic mass is 10.1. The molecule has 2 N–H and O–H groups in total. The third kappa shape index (κ3) is 7.80. The fraction of sp³-hybridized carbons (Fsp3) is 0.333. The van der Waals surface area contributed by atoms with Gasteiger partial charge in [-0.25, -0.2) is 21.6 Å². The summed E-state index contributed by atoms with van der Waals surface area (Å²) in [7, 11) is -2.76. The van der Waals surface area contributed by atoms with Gasteiger partial charge in [-0.3, -0.25) is 4.79 Å². The van der Waals surface area contributed by atoms with Gasteiger partial charge in [0.05, 0.1) is 23.7 Å². The van der Waals surface area contributed by atoms with E-state index in [0.717, 1.165) is 3.97 Å². The number of rotatable bonds is 10. The van der Waals surface area contributed by atoms with Crippen LogP contribution in [0.3, 0.4) is 0 Å². The number of aliphatic hydroxyl groups excluding tert-OH is 1. The first kappa shape index (κ1) is 29.7. The number of carbonyl (C=O) groups is 2. The second kappa shape index (κ2) is 12.3. The van der Waals surface area contributed by atoms with Gasteiger partial charge in [0.2, 0.25) is 0 Å². The van der Waals surface area contributed by atoms with E-state index < -0.39 is 33.4 Å². The van der Waals surface area contributed by atoms with Gasteiger partial charge in [0.15, 0.2) is 6.61 Å². The molecule has 1 heterocycles. The maximum Gasteiger partial charge on any atom is 0.410 e. The standard InChI is InChI=1S/C27H32FN3O7S/c1-27(2,3)38-26(34)30(4)16-19-14-24(22-10-5-6-11-23(22)28)31(17-19)39(35,36)21-9-7-8-20(15-21)37-18-25(33)29-12-13-32/h5-11,14-15,17,32H,12-13,16,18H2,1-4H3,(H,29,33). The molecule has 2 aromatic carbocycles. The van der Waals surface area contributed by atoms with Gasteiger partial charge < -0.3 is 24.8 Å². The van der Waals surface area contributed by atoms with E-state index in [1.165, 1.54) is 66.7 Å². The molecule has 0 aliphatic rings. The zero-order chi connectivity index (χ0) is 28.8. The van der Waals surface area contributed by atoms with E-state index in [9.17, 15) is 22.4 Å². The average molecular weight is 562 g/mol. The van der Waals surface area contributed by atoms with E-state index >= 15 is 0 Å². The van der Waals surface area contributed by atoms with Crippen LogP contribution in [0.15, 0.2) is 65.7 Å². The molecule has 39 heavy (non-hydrogen) atoms. The van der Waals surface area contributed by atoms with E-state index in [1.807, 2.05) is 0 Å². The summed E-state index contributed by atoms with van der Waals surface area (Å²) in [5.74, 6) is -0.979. The molecule has 0 atom stereocenters. The van der Waals surface area contributed by atoms with Gasteiger partial charge >= 0.3 is 6.09 Å². The Morgan fingerprint density at radius 3 is 2.49 bits per heavy atom.